The Morgan fingerprint density at radius 2 is 1.49 bits per heavy atom. The van der Waals surface area contributed by atoms with Gasteiger partial charge in [0, 0.05) is 18.5 Å². The molecule has 2 rings (SSSR count). The van der Waals surface area contributed by atoms with Gasteiger partial charge >= 0.3 is 12.1 Å². The van der Waals surface area contributed by atoms with Gasteiger partial charge < -0.3 is 25.0 Å². The average molecular weight is 638 g/mol. The Kier molecular flexibility index (Phi) is 14.0. The van der Waals surface area contributed by atoms with Crippen molar-refractivity contribution in [3.63, 3.8) is 0 Å². The van der Waals surface area contributed by atoms with Crippen LogP contribution in [0.5, 0.6) is 0 Å². The summed E-state index contributed by atoms with van der Waals surface area (Å²) in [5.74, 6) is 1.48. The molecular weight excluding hydrogens is 590 g/mol. The molecule has 9 nitrogen and oxygen atoms in total. The second-order valence-corrected chi connectivity index (χ2v) is 13.5. The topological polar surface area (TPSA) is 114 Å². The molecular formula is C35H47N3O6S. The summed E-state index contributed by atoms with van der Waals surface area (Å²) in [5, 5.41) is 5.57. The number of amides is 3. The van der Waals surface area contributed by atoms with Gasteiger partial charge in [0.2, 0.25) is 11.8 Å². The summed E-state index contributed by atoms with van der Waals surface area (Å²) in [7, 11) is 0. The number of nitrogens with zero attached hydrogens (tertiary/aromatic N) is 1. The fourth-order valence-electron chi connectivity index (χ4n) is 4.59. The number of nitrogens with one attached hydrogen (secondary N) is 2. The summed E-state index contributed by atoms with van der Waals surface area (Å²) in [6, 6.07) is 12.9. The van der Waals surface area contributed by atoms with Gasteiger partial charge in [0.05, 0.1) is 0 Å². The highest BCUT2D eigenvalue weighted by Gasteiger charge is 2.38. The molecule has 2 aromatic carbocycles. The van der Waals surface area contributed by atoms with Crippen LogP contribution in [0.4, 0.5) is 4.79 Å². The Morgan fingerprint density at radius 3 is 2.04 bits per heavy atom. The minimum Gasteiger partial charge on any atom is -0.458 e. The smallest absolute Gasteiger partial charge is 0.408 e. The van der Waals surface area contributed by atoms with Gasteiger partial charge in [0.15, 0.2) is 0 Å². The number of ether oxygens (including phenoxy) is 2. The fraction of sp³-hybridized carbons (Fsp3) is 0.486. The second kappa shape index (κ2) is 16.9. The summed E-state index contributed by atoms with van der Waals surface area (Å²) in [6.07, 6.45) is 7.47. The maximum absolute atomic E-state index is 14.3. The molecule has 0 aromatic heterocycles. The van der Waals surface area contributed by atoms with Gasteiger partial charge in [-0.15, -0.1) is 6.42 Å². The molecule has 0 fully saturated rings. The van der Waals surface area contributed by atoms with Crippen molar-refractivity contribution in [1.82, 2.24) is 15.5 Å². The molecule has 3 unspecified atom stereocenters. The molecule has 0 spiro atoms. The number of terminal acetylenes is 1. The first-order valence-corrected chi connectivity index (χ1v) is 16.4. The van der Waals surface area contributed by atoms with Crippen LogP contribution < -0.4 is 10.6 Å². The zero-order chi connectivity index (χ0) is 33.8. The van der Waals surface area contributed by atoms with Gasteiger partial charge in [-0.2, -0.15) is 11.8 Å². The highest BCUT2D eigenvalue weighted by Crippen LogP contribution is 2.27. The third-order valence-electron chi connectivity index (χ3n) is 6.48. The van der Waals surface area contributed by atoms with Crippen molar-refractivity contribution in [3.05, 3.63) is 71.3 Å². The molecule has 0 aliphatic heterocycles. The minimum absolute atomic E-state index is 0.109. The van der Waals surface area contributed by atoms with E-state index in [0.29, 0.717) is 23.3 Å². The third-order valence-corrected chi connectivity index (χ3v) is 7.13. The van der Waals surface area contributed by atoms with Crippen LogP contribution in [0.2, 0.25) is 0 Å². The van der Waals surface area contributed by atoms with Crippen LogP contribution in [0.15, 0.2) is 54.6 Å². The quantitative estimate of drug-likeness (QED) is 0.227. The van der Waals surface area contributed by atoms with Crippen LogP contribution in [0.25, 0.3) is 0 Å². The van der Waals surface area contributed by atoms with Crippen LogP contribution in [0.3, 0.4) is 0 Å². The zero-order valence-electron chi connectivity index (χ0n) is 27.6. The number of carbonyl (C=O) groups excluding carboxylic acids is 4. The Morgan fingerprint density at radius 1 is 0.889 bits per heavy atom. The third kappa shape index (κ3) is 12.1. The normalized spacial score (nSPS) is 13.4. The van der Waals surface area contributed by atoms with E-state index in [1.807, 2.05) is 36.6 Å². The highest BCUT2D eigenvalue weighted by molar-refractivity contribution is 7.98. The van der Waals surface area contributed by atoms with Crippen LogP contribution in [0.1, 0.15) is 77.6 Å². The highest BCUT2D eigenvalue weighted by atomic mass is 32.2. The first kappa shape index (κ1) is 37.2. The Bertz CT molecular complexity index is 1340. The fourth-order valence-corrected chi connectivity index (χ4v) is 5.06. The van der Waals surface area contributed by atoms with E-state index in [2.05, 4.69) is 16.6 Å². The van der Waals surface area contributed by atoms with Gasteiger partial charge in [-0.3, -0.25) is 9.59 Å². The molecule has 10 heteroatoms. The molecule has 3 atom stereocenters. The number of carbonyl (C=O) groups is 4. The monoisotopic (exact) mass is 637 g/mol. The van der Waals surface area contributed by atoms with Crippen LogP contribution >= 0.6 is 11.8 Å². The Labute approximate surface area is 272 Å². The van der Waals surface area contributed by atoms with Crippen molar-refractivity contribution < 1.29 is 28.7 Å². The second-order valence-electron chi connectivity index (χ2n) is 12.5. The average Bonchev–Trinajstić information content (AvgIpc) is 2.96. The molecule has 0 saturated carbocycles. The lowest BCUT2D eigenvalue weighted by atomic mass is 9.96. The minimum atomic E-state index is -1.22. The lowest BCUT2D eigenvalue weighted by molar-refractivity contribution is -0.159. The number of thioether (sulfide) groups is 1. The molecule has 2 aromatic rings. The Balaban J connectivity index is 2.58. The van der Waals surface area contributed by atoms with E-state index in [1.165, 1.54) is 16.7 Å². The number of hydrogen-bond acceptors (Lipinski definition) is 7. The predicted molar refractivity (Wildman–Crippen MR) is 179 cm³/mol. The number of hydrogen-bond donors (Lipinski definition) is 2. The Hall–Kier alpha value is -3.97. The maximum Gasteiger partial charge on any atom is 0.408 e. The molecule has 244 valence electrons. The molecule has 3 amide bonds. The molecule has 0 saturated heterocycles. The summed E-state index contributed by atoms with van der Waals surface area (Å²) in [6.45, 7) is 12.3. The molecule has 0 bridgehead atoms. The van der Waals surface area contributed by atoms with Crippen molar-refractivity contribution in [1.29, 1.82) is 0 Å². The van der Waals surface area contributed by atoms with Crippen molar-refractivity contribution >= 4 is 35.6 Å². The lowest BCUT2D eigenvalue weighted by Gasteiger charge is -2.35. The summed E-state index contributed by atoms with van der Waals surface area (Å²) in [5.41, 5.74) is 0.0786. The first-order chi connectivity index (χ1) is 21.1. The molecule has 0 aliphatic rings. The first-order valence-electron chi connectivity index (χ1n) is 15.0. The van der Waals surface area contributed by atoms with Gasteiger partial charge in [-0.1, -0.05) is 54.5 Å². The molecule has 0 heterocycles. The van der Waals surface area contributed by atoms with Crippen LogP contribution in [-0.2, 0) is 30.3 Å². The van der Waals surface area contributed by atoms with Crippen molar-refractivity contribution in [2.45, 2.75) is 90.6 Å². The predicted octanol–water partition coefficient (Wildman–Crippen LogP) is 5.27. The number of likely N-dealkylation sites (N-methyl/N-ethyl adjacent to an activating group) is 1. The summed E-state index contributed by atoms with van der Waals surface area (Å²) < 4.78 is 11.1. The van der Waals surface area contributed by atoms with Gasteiger partial charge in [-0.25, -0.2) is 9.59 Å². The molecule has 45 heavy (non-hydrogen) atoms. The standard InChI is InChI=1S/C35H47N3O6S/c1-10-25-19-15-16-20-26(25)29(38(11-2)31(40)27(21-22-45-9)37-33(42)44-35(6,7)8)30(39)36-28(32(41)43-34(3,4)5)23-24-17-13-12-14-18-24/h1,12-20,27-29H,11,21-23H2,2-9H3,(H,36,39)(H,37,42). The number of esters is 1. The van der Waals surface area contributed by atoms with Crippen molar-refractivity contribution in [3.8, 4) is 12.3 Å². The molecule has 0 radical (unpaired) electrons. The van der Waals surface area contributed by atoms with Gasteiger partial charge in [0.1, 0.15) is 29.3 Å². The molecule has 0 aliphatic carbocycles. The van der Waals surface area contributed by atoms with Crippen LogP contribution in [-0.4, -0.2) is 70.6 Å². The van der Waals surface area contributed by atoms with E-state index >= 15 is 0 Å². The summed E-state index contributed by atoms with van der Waals surface area (Å²) >= 11 is 1.52. The SMILES string of the molecule is C#Cc1ccccc1C(C(=O)NC(Cc1ccccc1)C(=O)OC(C)(C)C)N(CC)C(=O)C(CCSC)NC(=O)OC(C)(C)C. The largest absolute Gasteiger partial charge is 0.458 e. The zero-order valence-corrected chi connectivity index (χ0v) is 28.5. The van der Waals surface area contributed by atoms with Gasteiger partial charge in [-0.05, 0) is 84.1 Å². The van der Waals surface area contributed by atoms with Gasteiger partial charge in [0.25, 0.3) is 0 Å². The number of rotatable bonds is 13. The van der Waals surface area contributed by atoms with Crippen LogP contribution in [0, 0.1) is 12.3 Å². The van der Waals surface area contributed by atoms with E-state index in [0.717, 1.165) is 5.56 Å². The van der Waals surface area contributed by atoms with E-state index in [-0.39, 0.29) is 13.0 Å². The lowest BCUT2D eigenvalue weighted by Crippen LogP contribution is -2.55. The van der Waals surface area contributed by atoms with E-state index < -0.39 is 53.2 Å². The maximum atomic E-state index is 14.3. The van der Waals surface area contributed by atoms with E-state index in [1.54, 1.807) is 72.7 Å². The number of alkyl carbamates (subject to hydrolysis) is 1. The van der Waals surface area contributed by atoms with Crippen molar-refractivity contribution in [2.24, 2.45) is 0 Å². The summed E-state index contributed by atoms with van der Waals surface area (Å²) in [4.78, 5) is 56.1. The van der Waals surface area contributed by atoms with Crippen molar-refractivity contribution in [2.75, 3.05) is 18.6 Å². The van der Waals surface area contributed by atoms with E-state index in [9.17, 15) is 19.2 Å². The van der Waals surface area contributed by atoms with E-state index in [4.69, 9.17) is 15.9 Å². The number of benzene rings is 2. The molecule has 2 N–H and O–H groups in total.